The number of fused-ring (bicyclic) bond motifs is 1. The highest BCUT2D eigenvalue weighted by Gasteiger charge is 2.20. The lowest BCUT2D eigenvalue weighted by Gasteiger charge is -2.36. The molecule has 0 unspecified atom stereocenters. The highest BCUT2D eigenvalue weighted by molar-refractivity contribution is 5.91. The Kier molecular flexibility index (Phi) is 4.34. The third-order valence-corrected chi connectivity index (χ3v) is 4.49. The van der Waals surface area contributed by atoms with E-state index in [1.54, 1.807) is 0 Å². The number of aromatic nitrogens is 2. The van der Waals surface area contributed by atoms with E-state index in [0.717, 1.165) is 37.9 Å². The Morgan fingerprint density at radius 3 is 2.67 bits per heavy atom. The summed E-state index contributed by atoms with van der Waals surface area (Å²) >= 11 is 0. The maximum atomic E-state index is 4.39. The molecule has 0 saturated carbocycles. The quantitative estimate of drug-likeness (QED) is 0.864. The van der Waals surface area contributed by atoms with Crippen LogP contribution in [0.2, 0.25) is 0 Å². The third kappa shape index (κ3) is 3.16. The summed E-state index contributed by atoms with van der Waals surface area (Å²) in [5.41, 5.74) is 0. The van der Waals surface area contributed by atoms with Crippen LogP contribution in [0.3, 0.4) is 0 Å². The van der Waals surface area contributed by atoms with Crippen LogP contribution in [0.25, 0.3) is 10.8 Å². The van der Waals surface area contributed by atoms with Gasteiger partial charge in [-0.1, -0.05) is 44.5 Å². The lowest BCUT2D eigenvalue weighted by Crippen LogP contribution is -2.48. The fourth-order valence-corrected chi connectivity index (χ4v) is 2.96. The smallest absolute Gasteiger partial charge is 0.159 e. The van der Waals surface area contributed by atoms with E-state index in [4.69, 9.17) is 0 Å². The van der Waals surface area contributed by atoms with Crippen LogP contribution in [0, 0.1) is 5.92 Å². The van der Waals surface area contributed by atoms with Crippen LogP contribution in [-0.2, 0) is 0 Å². The number of anilines is 1. The van der Waals surface area contributed by atoms with Gasteiger partial charge in [0.15, 0.2) is 5.82 Å². The first-order valence-corrected chi connectivity index (χ1v) is 7.95. The van der Waals surface area contributed by atoms with Gasteiger partial charge in [0, 0.05) is 43.5 Å². The van der Waals surface area contributed by atoms with Gasteiger partial charge in [-0.3, -0.25) is 4.90 Å². The molecule has 1 aliphatic rings. The van der Waals surface area contributed by atoms with Gasteiger partial charge in [-0.15, -0.1) is 5.10 Å². The van der Waals surface area contributed by atoms with Crippen molar-refractivity contribution in [2.75, 3.05) is 37.6 Å². The Morgan fingerprint density at radius 2 is 1.90 bits per heavy atom. The molecule has 2 heterocycles. The molecule has 0 aliphatic carbocycles. The van der Waals surface area contributed by atoms with Crippen LogP contribution in [0.15, 0.2) is 30.5 Å². The lowest BCUT2D eigenvalue weighted by molar-refractivity contribution is 0.222. The average Bonchev–Trinajstić information content (AvgIpc) is 2.55. The first-order chi connectivity index (χ1) is 10.3. The summed E-state index contributed by atoms with van der Waals surface area (Å²) < 4.78 is 0. The van der Waals surface area contributed by atoms with Crippen LogP contribution in [0.5, 0.6) is 0 Å². The fraction of sp³-hybridized carbons (Fsp3) is 0.529. The maximum absolute atomic E-state index is 4.39. The molecule has 0 spiro atoms. The summed E-state index contributed by atoms with van der Waals surface area (Å²) in [6, 6.07) is 8.38. The van der Waals surface area contributed by atoms with Crippen molar-refractivity contribution >= 4 is 16.6 Å². The zero-order valence-corrected chi connectivity index (χ0v) is 13.0. The minimum absolute atomic E-state index is 0.786. The highest BCUT2D eigenvalue weighted by Crippen LogP contribution is 2.24. The van der Waals surface area contributed by atoms with E-state index in [0.29, 0.717) is 0 Å². The summed E-state index contributed by atoms with van der Waals surface area (Å²) in [7, 11) is 0. The molecular formula is C17H24N4. The van der Waals surface area contributed by atoms with Crippen molar-refractivity contribution in [1.82, 2.24) is 15.1 Å². The molecule has 21 heavy (non-hydrogen) atoms. The van der Waals surface area contributed by atoms with Crippen LogP contribution >= 0.6 is 0 Å². The van der Waals surface area contributed by atoms with Crippen molar-refractivity contribution in [1.29, 1.82) is 0 Å². The Balaban J connectivity index is 1.71. The minimum atomic E-state index is 0.786. The van der Waals surface area contributed by atoms with Crippen LogP contribution < -0.4 is 4.90 Å². The number of benzene rings is 1. The largest absolute Gasteiger partial charge is 0.352 e. The summed E-state index contributed by atoms with van der Waals surface area (Å²) in [5, 5.41) is 10.9. The molecule has 0 bridgehead atoms. The number of rotatable bonds is 4. The topological polar surface area (TPSA) is 32.3 Å². The Labute approximate surface area is 126 Å². The van der Waals surface area contributed by atoms with E-state index in [1.165, 1.54) is 23.7 Å². The molecule has 112 valence electrons. The monoisotopic (exact) mass is 284 g/mol. The number of piperazine rings is 1. The highest BCUT2D eigenvalue weighted by atomic mass is 15.3. The summed E-state index contributed by atoms with van der Waals surface area (Å²) in [6.45, 7) is 10.1. The summed E-state index contributed by atoms with van der Waals surface area (Å²) in [5.74, 6) is 1.82. The van der Waals surface area contributed by atoms with Gasteiger partial charge < -0.3 is 4.90 Å². The Bertz CT molecular complexity index is 585. The van der Waals surface area contributed by atoms with Gasteiger partial charge in [0.1, 0.15) is 0 Å². The van der Waals surface area contributed by atoms with E-state index >= 15 is 0 Å². The van der Waals surface area contributed by atoms with Gasteiger partial charge in [0.05, 0.1) is 6.20 Å². The van der Waals surface area contributed by atoms with Crippen molar-refractivity contribution in [3.8, 4) is 0 Å². The molecule has 1 saturated heterocycles. The first-order valence-electron chi connectivity index (χ1n) is 7.95. The lowest BCUT2D eigenvalue weighted by atomic mass is 10.1. The molecule has 3 rings (SSSR count). The summed E-state index contributed by atoms with van der Waals surface area (Å²) in [6.07, 6.45) is 3.10. The molecule has 1 aromatic carbocycles. The van der Waals surface area contributed by atoms with Crippen LogP contribution in [-0.4, -0.2) is 47.8 Å². The predicted octanol–water partition coefficient (Wildman–Crippen LogP) is 2.80. The van der Waals surface area contributed by atoms with Crippen LogP contribution in [0.1, 0.15) is 20.3 Å². The Hall–Kier alpha value is -1.68. The molecule has 0 N–H and O–H groups in total. The number of hydrogen-bond donors (Lipinski definition) is 0. The fourth-order valence-electron chi connectivity index (χ4n) is 2.96. The summed E-state index contributed by atoms with van der Waals surface area (Å²) in [4.78, 5) is 4.95. The van der Waals surface area contributed by atoms with Crippen molar-refractivity contribution < 1.29 is 0 Å². The normalized spacial score (nSPS) is 18.1. The third-order valence-electron chi connectivity index (χ3n) is 4.49. The molecule has 0 amide bonds. The Morgan fingerprint density at radius 1 is 1.14 bits per heavy atom. The van der Waals surface area contributed by atoms with E-state index in [2.05, 4.69) is 58.1 Å². The predicted molar refractivity (Wildman–Crippen MR) is 87.6 cm³/mol. The van der Waals surface area contributed by atoms with Crippen molar-refractivity contribution in [2.24, 2.45) is 5.92 Å². The van der Waals surface area contributed by atoms with E-state index < -0.39 is 0 Å². The van der Waals surface area contributed by atoms with Gasteiger partial charge >= 0.3 is 0 Å². The molecule has 1 fully saturated rings. The van der Waals surface area contributed by atoms with Crippen molar-refractivity contribution in [3.05, 3.63) is 30.5 Å². The van der Waals surface area contributed by atoms with Gasteiger partial charge in [-0.25, -0.2) is 0 Å². The van der Waals surface area contributed by atoms with Gasteiger partial charge in [0.2, 0.25) is 0 Å². The van der Waals surface area contributed by atoms with Gasteiger partial charge in [-0.2, -0.15) is 5.10 Å². The zero-order chi connectivity index (χ0) is 14.7. The number of hydrogen-bond acceptors (Lipinski definition) is 4. The second-order valence-electron chi connectivity index (χ2n) is 6.06. The molecule has 4 heteroatoms. The number of nitrogens with zero attached hydrogens (tertiary/aromatic N) is 4. The van der Waals surface area contributed by atoms with Crippen molar-refractivity contribution in [2.45, 2.75) is 20.3 Å². The molecule has 2 aromatic rings. The molecule has 1 aromatic heterocycles. The first kappa shape index (κ1) is 14.3. The van der Waals surface area contributed by atoms with Gasteiger partial charge in [0.25, 0.3) is 0 Å². The standard InChI is InChI=1S/C17H24N4/c1-3-14(2)13-20-8-10-21(11-9-20)17-16-7-5-4-6-15(16)12-18-19-17/h4-7,12,14H,3,8-11,13H2,1-2H3/t14-/m1/s1. The second-order valence-corrected chi connectivity index (χ2v) is 6.06. The minimum Gasteiger partial charge on any atom is -0.352 e. The molecule has 1 aliphatic heterocycles. The molecule has 1 atom stereocenters. The van der Waals surface area contributed by atoms with Crippen LogP contribution in [0.4, 0.5) is 5.82 Å². The van der Waals surface area contributed by atoms with Gasteiger partial charge in [-0.05, 0) is 5.92 Å². The maximum Gasteiger partial charge on any atom is 0.159 e. The molecular weight excluding hydrogens is 260 g/mol. The molecule has 0 radical (unpaired) electrons. The van der Waals surface area contributed by atoms with E-state index in [9.17, 15) is 0 Å². The van der Waals surface area contributed by atoms with E-state index in [-0.39, 0.29) is 0 Å². The van der Waals surface area contributed by atoms with Crippen molar-refractivity contribution in [3.63, 3.8) is 0 Å². The second kappa shape index (κ2) is 6.39. The SMILES string of the molecule is CC[C@@H](C)CN1CCN(c2nncc3ccccc23)CC1. The average molecular weight is 284 g/mol. The van der Waals surface area contributed by atoms with E-state index in [1.807, 2.05) is 6.20 Å². The molecule has 4 nitrogen and oxygen atoms in total. The zero-order valence-electron chi connectivity index (χ0n) is 13.0.